The van der Waals surface area contributed by atoms with Gasteiger partial charge in [0.2, 0.25) is 0 Å². The van der Waals surface area contributed by atoms with Crippen molar-refractivity contribution in [1.82, 2.24) is 15.1 Å². The molecule has 0 radical (unpaired) electrons. The number of halogens is 2. The Morgan fingerprint density at radius 1 is 1.30 bits per heavy atom. The van der Waals surface area contributed by atoms with Gasteiger partial charge < -0.3 is 10.2 Å². The highest BCUT2D eigenvalue weighted by atomic mass is 79.9. The molecule has 1 unspecified atom stereocenters. The standard InChI is InChI=1S/C15H23BrClN3/c1-12(14-4-3-13(16)11-15(14)17)18-5-6-20-9-7-19(2)8-10-20/h3-4,11-12,18H,5-10H2,1-2H3. The van der Waals surface area contributed by atoms with E-state index >= 15 is 0 Å². The highest BCUT2D eigenvalue weighted by Crippen LogP contribution is 2.26. The zero-order valence-electron chi connectivity index (χ0n) is 12.2. The predicted molar refractivity (Wildman–Crippen MR) is 89.5 cm³/mol. The van der Waals surface area contributed by atoms with Gasteiger partial charge in [0.1, 0.15) is 0 Å². The Morgan fingerprint density at radius 2 is 2.00 bits per heavy atom. The van der Waals surface area contributed by atoms with E-state index in [2.05, 4.69) is 51.1 Å². The highest BCUT2D eigenvalue weighted by Gasteiger charge is 2.14. The molecule has 1 aliphatic heterocycles. The predicted octanol–water partition coefficient (Wildman–Crippen LogP) is 3.00. The zero-order valence-corrected chi connectivity index (χ0v) is 14.5. The first kappa shape index (κ1) is 16.2. The third kappa shape index (κ3) is 4.71. The molecular weight excluding hydrogens is 338 g/mol. The molecular formula is C15H23BrClN3. The molecule has 0 saturated carbocycles. The van der Waals surface area contributed by atoms with E-state index in [1.807, 2.05) is 12.1 Å². The Hall–Kier alpha value is -0.130. The number of nitrogens with one attached hydrogen (secondary N) is 1. The molecule has 0 spiro atoms. The molecule has 0 bridgehead atoms. The minimum Gasteiger partial charge on any atom is -0.309 e. The summed E-state index contributed by atoms with van der Waals surface area (Å²) in [4.78, 5) is 4.90. The number of hydrogen-bond donors (Lipinski definition) is 1. The zero-order chi connectivity index (χ0) is 14.5. The van der Waals surface area contributed by atoms with E-state index in [-0.39, 0.29) is 6.04 Å². The van der Waals surface area contributed by atoms with Gasteiger partial charge in [0.05, 0.1) is 0 Å². The van der Waals surface area contributed by atoms with Gasteiger partial charge in [0.15, 0.2) is 0 Å². The molecule has 1 aromatic rings. The van der Waals surface area contributed by atoms with Crippen LogP contribution in [0.4, 0.5) is 0 Å². The van der Waals surface area contributed by atoms with Gasteiger partial charge in [-0.15, -0.1) is 0 Å². The second-order valence-electron chi connectivity index (χ2n) is 5.49. The summed E-state index contributed by atoms with van der Waals surface area (Å²) in [7, 11) is 2.19. The van der Waals surface area contributed by atoms with Gasteiger partial charge in [-0.25, -0.2) is 0 Å². The van der Waals surface area contributed by atoms with Crippen molar-refractivity contribution in [2.24, 2.45) is 0 Å². The summed E-state index contributed by atoms with van der Waals surface area (Å²) in [5.74, 6) is 0. The smallest absolute Gasteiger partial charge is 0.0464 e. The van der Waals surface area contributed by atoms with Crippen molar-refractivity contribution in [3.8, 4) is 0 Å². The lowest BCUT2D eigenvalue weighted by atomic mass is 10.1. The lowest BCUT2D eigenvalue weighted by molar-refractivity contribution is 0.154. The van der Waals surface area contributed by atoms with Crippen LogP contribution in [0.2, 0.25) is 5.02 Å². The van der Waals surface area contributed by atoms with E-state index in [0.29, 0.717) is 0 Å². The van der Waals surface area contributed by atoms with Gasteiger partial charge in [-0.1, -0.05) is 33.6 Å². The van der Waals surface area contributed by atoms with E-state index in [1.165, 1.54) is 26.2 Å². The maximum Gasteiger partial charge on any atom is 0.0464 e. The van der Waals surface area contributed by atoms with Crippen LogP contribution >= 0.6 is 27.5 Å². The minimum absolute atomic E-state index is 0.281. The fraction of sp³-hybridized carbons (Fsp3) is 0.600. The summed E-state index contributed by atoms with van der Waals surface area (Å²) in [5.41, 5.74) is 1.16. The maximum atomic E-state index is 6.28. The summed E-state index contributed by atoms with van der Waals surface area (Å²) in [6.45, 7) is 8.96. The van der Waals surface area contributed by atoms with Crippen molar-refractivity contribution >= 4 is 27.5 Å². The number of nitrogens with zero attached hydrogens (tertiary/aromatic N) is 2. The molecule has 1 saturated heterocycles. The molecule has 1 atom stereocenters. The van der Waals surface area contributed by atoms with E-state index in [4.69, 9.17) is 11.6 Å². The van der Waals surface area contributed by atoms with Crippen LogP contribution in [0.15, 0.2) is 22.7 Å². The molecule has 0 aliphatic carbocycles. The molecule has 0 aromatic heterocycles. The van der Waals surface area contributed by atoms with E-state index in [0.717, 1.165) is 28.1 Å². The van der Waals surface area contributed by atoms with E-state index in [9.17, 15) is 0 Å². The van der Waals surface area contributed by atoms with Crippen molar-refractivity contribution in [2.75, 3.05) is 46.3 Å². The molecule has 20 heavy (non-hydrogen) atoms. The minimum atomic E-state index is 0.281. The molecule has 112 valence electrons. The Labute approximate surface area is 135 Å². The lowest BCUT2D eigenvalue weighted by Gasteiger charge is -2.32. The van der Waals surface area contributed by atoms with Crippen LogP contribution in [0, 0.1) is 0 Å². The molecule has 1 fully saturated rings. The summed E-state index contributed by atoms with van der Waals surface area (Å²) in [6, 6.07) is 6.36. The first-order valence-electron chi connectivity index (χ1n) is 7.15. The van der Waals surface area contributed by atoms with Gasteiger partial charge in [-0.3, -0.25) is 4.90 Å². The summed E-state index contributed by atoms with van der Waals surface area (Å²) < 4.78 is 1.02. The summed E-state index contributed by atoms with van der Waals surface area (Å²) in [6.07, 6.45) is 0. The average Bonchev–Trinajstić information content (AvgIpc) is 2.41. The van der Waals surface area contributed by atoms with Crippen LogP contribution in [-0.2, 0) is 0 Å². The maximum absolute atomic E-state index is 6.28. The molecule has 5 heteroatoms. The number of benzene rings is 1. The normalized spacial score (nSPS) is 19.2. The van der Waals surface area contributed by atoms with E-state index < -0.39 is 0 Å². The largest absolute Gasteiger partial charge is 0.309 e. The Bertz CT molecular complexity index is 433. The van der Waals surface area contributed by atoms with Crippen LogP contribution in [-0.4, -0.2) is 56.1 Å². The van der Waals surface area contributed by atoms with Gasteiger partial charge in [0.25, 0.3) is 0 Å². The molecule has 2 rings (SSSR count). The summed E-state index contributed by atoms with van der Waals surface area (Å²) >= 11 is 9.72. The second-order valence-corrected chi connectivity index (χ2v) is 6.81. The van der Waals surface area contributed by atoms with Crippen LogP contribution in [0.25, 0.3) is 0 Å². The first-order chi connectivity index (χ1) is 9.56. The van der Waals surface area contributed by atoms with Crippen molar-refractivity contribution in [3.05, 3.63) is 33.3 Å². The fourth-order valence-corrected chi connectivity index (χ4v) is 3.31. The molecule has 0 amide bonds. The quantitative estimate of drug-likeness (QED) is 0.871. The van der Waals surface area contributed by atoms with Crippen LogP contribution in [0.3, 0.4) is 0 Å². The molecule has 3 nitrogen and oxygen atoms in total. The Kier molecular flexibility index (Phi) is 6.30. The monoisotopic (exact) mass is 359 g/mol. The van der Waals surface area contributed by atoms with Gasteiger partial charge in [0, 0.05) is 54.8 Å². The third-order valence-corrected chi connectivity index (χ3v) is 4.72. The SMILES string of the molecule is CC(NCCN1CCN(C)CC1)c1ccc(Br)cc1Cl. The van der Waals surface area contributed by atoms with Crippen molar-refractivity contribution < 1.29 is 0 Å². The number of rotatable bonds is 5. The van der Waals surface area contributed by atoms with Gasteiger partial charge in [-0.2, -0.15) is 0 Å². The first-order valence-corrected chi connectivity index (χ1v) is 8.32. The molecule has 1 aromatic carbocycles. The second kappa shape index (κ2) is 7.76. The van der Waals surface area contributed by atoms with Gasteiger partial charge >= 0.3 is 0 Å². The highest BCUT2D eigenvalue weighted by molar-refractivity contribution is 9.10. The fourth-order valence-electron chi connectivity index (χ4n) is 2.47. The summed E-state index contributed by atoms with van der Waals surface area (Å²) in [5, 5.41) is 4.38. The van der Waals surface area contributed by atoms with Crippen molar-refractivity contribution in [2.45, 2.75) is 13.0 Å². The molecule has 1 aliphatic rings. The third-order valence-electron chi connectivity index (χ3n) is 3.90. The topological polar surface area (TPSA) is 18.5 Å². The van der Waals surface area contributed by atoms with Gasteiger partial charge in [-0.05, 0) is 31.7 Å². The van der Waals surface area contributed by atoms with Crippen molar-refractivity contribution in [3.63, 3.8) is 0 Å². The number of hydrogen-bond acceptors (Lipinski definition) is 3. The lowest BCUT2D eigenvalue weighted by Crippen LogP contribution is -2.46. The van der Waals surface area contributed by atoms with Crippen molar-refractivity contribution in [1.29, 1.82) is 0 Å². The van der Waals surface area contributed by atoms with Crippen LogP contribution in [0.1, 0.15) is 18.5 Å². The molecule has 1 heterocycles. The van der Waals surface area contributed by atoms with Crippen LogP contribution in [0.5, 0.6) is 0 Å². The molecule has 1 N–H and O–H groups in total. The number of piperazine rings is 1. The Balaban J connectivity index is 1.76. The van der Waals surface area contributed by atoms with Crippen LogP contribution < -0.4 is 5.32 Å². The number of likely N-dealkylation sites (N-methyl/N-ethyl adjacent to an activating group) is 1. The average molecular weight is 361 g/mol. The van der Waals surface area contributed by atoms with E-state index in [1.54, 1.807) is 0 Å². The Morgan fingerprint density at radius 3 is 2.65 bits per heavy atom.